The summed E-state index contributed by atoms with van der Waals surface area (Å²) in [4.78, 5) is 27.3. The fraction of sp³-hybridized carbons (Fsp3) is 0.259. The molecule has 0 bridgehead atoms. The topological polar surface area (TPSA) is 102 Å². The SMILES string of the molecule is COC(=O)[C@@H]1CN(C(=O)CN(c2ccc(C)c(Cl)c2)S(=O)(=O)c2cc(C)ccc2OC)c2ccccc2O1. The Hall–Kier alpha value is -3.76. The Balaban J connectivity index is 1.80. The van der Waals surface area contributed by atoms with Gasteiger partial charge in [0.25, 0.3) is 10.0 Å². The number of sulfonamides is 1. The van der Waals surface area contributed by atoms with Crippen LogP contribution in [0.4, 0.5) is 11.4 Å². The van der Waals surface area contributed by atoms with Crippen molar-refractivity contribution in [2.45, 2.75) is 24.8 Å². The van der Waals surface area contributed by atoms with Gasteiger partial charge in [0.1, 0.15) is 22.9 Å². The normalized spacial score (nSPS) is 14.8. The number of ether oxygens (including phenoxy) is 3. The van der Waals surface area contributed by atoms with Gasteiger partial charge in [-0.05, 0) is 61.4 Å². The highest BCUT2D eigenvalue weighted by Gasteiger charge is 2.37. The van der Waals surface area contributed by atoms with Gasteiger partial charge in [-0.25, -0.2) is 13.2 Å². The first kappa shape index (κ1) is 27.3. The zero-order valence-corrected chi connectivity index (χ0v) is 22.9. The van der Waals surface area contributed by atoms with Gasteiger partial charge < -0.3 is 19.1 Å². The van der Waals surface area contributed by atoms with Crippen molar-refractivity contribution in [3.63, 3.8) is 0 Å². The molecule has 1 aliphatic rings. The molecule has 0 fully saturated rings. The minimum atomic E-state index is -4.32. The van der Waals surface area contributed by atoms with Gasteiger partial charge in [-0.1, -0.05) is 35.9 Å². The van der Waals surface area contributed by atoms with Gasteiger partial charge in [-0.15, -0.1) is 0 Å². The van der Waals surface area contributed by atoms with E-state index in [-0.39, 0.29) is 22.9 Å². The number of aryl methyl sites for hydroxylation is 2. The Bertz CT molecular complexity index is 1490. The van der Waals surface area contributed by atoms with Crippen LogP contribution < -0.4 is 18.7 Å². The molecular weight excluding hydrogens is 532 g/mol. The van der Waals surface area contributed by atoms with Crippen LogP contribution >= 0.6 is 11.6 Å². The van der Waals surface area contributed by atoms with Crippen LogP contribution in [0.1, 0.15) is 11.1 Å². The number of fused-ring (bicyclic) bond motifs is 1. The van der Waals surface area contributed by atoms with E-state index in [1.165, 1.54) is 31.3 Å². The second-order valence-corrected chi connectivity index (χ2v) is 10.9. The summed E-state index contributed by atoms with van der Waals surface area (Å²) in [5, 5.41) is 0.342. The van der Waals surface area contributed by atoms with E-state index in [2.05, 4.69) is 0 Å². The van der Waals surface area contributed by atoms with Crippen LogP contribution in [0.25, 0.3) is 0 Å². The molecule has 9 nitrogen and oxygen atoms in total. The van der Waals surface area contributed by atoms with E-state index < -0.39 is 34.5 Å². The number of nitrogens with zero attached hydrogens (tertiary/aromatic N) is 2. The number of hydrogen-bond acceptors (Lipinski definition) is 7. The number of carbonyl (C=O) groups is 2. The molecule has 3 aromatic carbocycles. The largest absolute Gasteiger partial charge is 0.495 e. The fourth-order valence-electron chi connectivity index (χ4n) is 4.09. The highest BCUT2D eigenvalue weighted by Crippen LogP contribution is 2.36. The standard InChI is InChI=1S/C27H27ClN2O7S/c1-17-9-12-23(35-3)25(13-17)38(33,34)30(19-11-10-18(2)20(28)14-19)16-26(31)29-15-24(27(32)36-4)37-22-8-6-5-7-21(22)29/h5-14,24H,15-16H2,1-4H3/t24-/m0/s1. The second-order valence-electron chi connectivity index (χ2n) is 8.70. The van der Waals surface area contributed by atoms with E-state index in [1.54, 1.807) is 62.4 Å². The monoisotopic (exact) mass is 558 g/mol. The van der Waals surface area contributed by atoms with Gasteiger partial charge in [0.15, 0.2) is 0 Å². The molecule has 3 aromatic rings. The Morgan fingerprint density at radius 3 is 2.50 bits per heavy atom. The van der Waals surface area contributed by atoms with Crippen LogP contribution in [0.3, 0.4) is 0 Å². The zero-order valence-electron chi connectivity index (χ0n) is 21.3. The van der Waals surface area contributed by atoms with Crippen molar-refractivity contribution in [3.05, 3.63) is 76.8 Å². The van der Waals surface area contributed by atoms with Gasteiger partial charge in [0, 0.05) is 5.02 Å². The number of para-hydroxylation sites is 2. The second kappa shape index (κ2) is 10.9. The Morgan fingerprint density at radius 1 is 1.08 bits per heavy atom. The van der Waals surface area contributed by atoms with Crippen LogP contribution in [-0.4, -0.2) is 53.7 Å². The average molecular weight is 559 g/mol. The lowest BCUT2D eigenvalue weighted by atomic mass is 10.1. The fourth-order valence-corrected chi connectivity index (χ4v) is 5.91. The molecule has 0 aromatic heterocycles. The number of rotatable bonds is 7. The molecule has 0 N–H and O–H groups in total. The maximum absolute atomic E-state index is 14.1. The molecule has 1 amide bonds. The minimum absolute atomic E-state index is 0.0979. The van der Waals surface area contributed by atoms with Crippen molar-refractivity contribution >= 4 is 44.9 Å². The molecule has 4 rings (SSSR count). The summed E-state index contributed by atoms with van der Waals surface area (Å²) in [7, 11) is -1.72. The summed E-state index contributed by atoms with van der Waals surface area (Å²) in [6.07, 6.45) is -1.07. The molecular formula is C27H27ClN2O7S. The van der Waals surface area contributed by atoms with Crippen molar-refractivity contribution in [2.24, 2.45) is 0 Å². The third-order valence-electron chi connectivity index (χ3n) is 6.15. The highest BCUT2D eigenvalue weighted by atomic mass is 35.5. The smallest absolute Gasteiger partial charge is 0.348 e. The number of hydrogen-bond donors (Lipinski definition) is 0. The predicted molar refractivity (Wildman–Crippen MR) is 144 cm³/mol. The molecule has 1 heterocycles. The van der Waals surface area contributed by atoms with Crippen LogP contribution in [-0.2, 0) is 24.3 Å². The Morgan fingerprint density at radius 2 is 1.82 bits per heavy atom. The number of methoxy groups -OCH3 is 2. The van der Waals surface area contributed by atoms with Crippen molar-refractivity contribution in [1.82, 2.24) is 0 Å². The van der Waals surface area contributed by atoms with E-state index in [0.29, 0.717) is 22.0 Å². The average Bonchev–Trinajstić information content (AvgIpc) is 2.91. The minimum Gasteiger partial charge on any atom is -0.495 e. The predicted octanol–water partition coefficient (Wildman–Crippen LogP) is 4.13. The maximum Gasteiger partial charge on any atom is 0.348 e. The lowest BCUT2D eigenvalue weighted by molar-refractivity contribution is -0.148. The van der Waals surface area contributed by atoms with Crippen molar-refractivity contribution < 1.29 is 32.2 Å². The first-order valence-electron chi connectivity index (χ1n) is 11.6. The van der Waals surface area contributed by atoms with E-state index >= 15 is 0 Å². The molecule has 0 aliphatic carbocycles. The van der Waals surface area contributed by atoms with E-state index in [0.717, 1.165) is 9.87 Å². The van der Waals surface area contributed by atoms with E-state index in [1.807, 2.05) is 0 Å². The molecule has 0 spiro atoms. The summed E-state index contributed by atoms with van der Waals surface area (Å²) < 4.78 is 45.0. The Kier molecular flexibility index (Phi) is 7.84. The zero-order chi connectivity index (χ0) is 27.6. The third-order valence-corrected chi connectivity index (χ3v) is 8.35. The van der Waals surface area contributed by atoms with Crippen LogP contribution in [0.15, 0.2) is 65.6 Å². The summed E-state index contributed by atoms with van der Waals surface area (Å²) in [6.45, 7) is 2.81. The van der Waals surface area contributed by atoms with Crippen LogP contribution in [0.2, 0.25) is 5.02 Å². The molecule has 38 heavy (non-hydrogen) atoms. The van der Waals surface area contributed by atoms with Gasteiger partial charge >= 0.3 is 5.97 Å². The summed E-state index contributed by atoms with van der Waals surface area (Å²) in [6, 6.07) is 16.2. The summed E-state index contributed by atoms with van der Waals surface area (Å²) in [5.74, 6) is -0.803. The lowest BCUT2D eigenvalue weighted by Crippen LogP contribution is -2.51. The maximum atomic E-state index is 14.1. The quantitative estimate of drug-likeness (QED) is 0.402. The van der Waals surface area contributed by atoms with Gasteiger partial charge in [0.2, 0.25) is 12.0 Å². The number of benzene rings is 3. The van der Waals surface area contributed by atoms with Gasteiger partial charge in [0.05, 0.1) is 32.1 Å². The summed E-state index contributed by atoms with van der Waals surface area (Å²) in [5.41, 5.74) is 2.05. The van der Waals surface area contributed by atoms with E-state index in [4.69, 9.17) is 25.8 Å². The molecule has 200 valence electrons. The van der Waals surface area contributed by atoms with Crippen molar-refractivity contribution in [3.8, 4) is 11.5 Å². The number of anilines is 2. The molecule has 0 saturated heterocycles. The first-order valence-corrected chi connectivity index (χ1v) is 13.5. The molecule has 1 atom stereocenters. The molecule has 1 aliphatic heterocycles. The third kappa shape index (κ3) is 5.27. The number of carbonyl (C=O) groups excluding carboxylic acids is 2. The number of amides is 1. The molecule has 0 unspecified atom stereocenters. The lowest BCUT2D eigenvalue weighted by Gasteiger charge is -2.35. The van der Waals surface area contributed by atoms with Gasteiger partial charge in [-0.3, -0.25) is 9.10 Å². The molecule has 0 saturated carbocycles. The van der Waals surface area contributed by atoms with Crippen LogP contribution in [0, 0.1) is 13.8 Å². The van der Waals surface area contributed by atoms with E-state index in [9.17, 15) is 18.0 Å². The highest BCUT2D eigenvalue weighted by molar-refractivity contribution is 7.93. The number of halogens is 1. The molecule has 11 heteroatoms. The van der Waals surface area contributed by atoms with Gasteiger partial charge in [-0.2, -0.15) is 0 Å². The first-order chi connectivity index (χ1) is 18.1. The number of esters is 1. The summed E-state index contributed by atoms with van der Waals surface area (Å²) >= 11 is 6.35. The van der Waals surface area contributed by atoms with Crippen molar-refractivity contribution in [2.75, 3.05) is 36.5 Å². The Labute approximate surface area is 226 Å². The van der Waals surface area contributed by atoms with Crippen molar-refractivity contribution in [1.29, 1.82) is 0 Å². The van der Waals surface area contributed by atoms with Crippen LogP contribution in [0.5, 0.6) is 11.5 Å². The molecule has 0 radical (unpaired) electrons.